The molecule has 0 saturated carbocycles. The maximum Gasteiger partial charge on any atom is 0.227 e. The summed E-state index contributed by atoms with van der Waals surface area (Å²) in [4.78, 5) is 23.8. The first-order valence-corrected chi connectivity index (χ1v) is 9.73. The maximum absolute atomic E-state index is 13.1. The molecule has 3 aromatic rings. The molecule has 0 N–H and O–H groups in total. The van der Waals surface area contributed by atoms with E-state index in [2.05, 4.69) is 15.1 Å². The van der Waals surface area contributed by atoms with Crippen molar-refractivity contribution in [1.29, 1.82) is 0 Å². The molecular weight excluding hydrogens is 370 g/mol. The molecule has 3 heterocycles. The van der Waals surface area contributed by atoms with Crippen molar-refractivity contribution >= 4 is 17.1 Å². The van der Waals surface area contributed by atoms with E-state index in [4.69, 9.17) is 9.47 Å². The number of benzene rings is 1. The first-order chi connectivity index (χ1) is 14.1. The smallest absolute Gasteiger partial charge is 0.227 e. The predicted octanol–water partition coefficient (Wildman–Crippen LogP) is 2.33. The molecule has 29 heavy (non-hydrogen) atoms. The Morgan fingerprint density at radius 1 is 1.21 bits per heavy atom. The summed E-state index contributed by atoms with van der Waals surface area (Å²) in [7, 11) is 5.10. The first-order valence-electron chi connectivity index (χ1n) is 9.73. The van der Waals surface area contributed by atoms with Gasteiger partial charge in [0.05, 0.1) is 26.3 Å². The molecule has 1 fully saturated rings. The summed E-state index contributed by atoms with van der Waals surface area (Å²) < 4.78 is 12.5. The van der Waals surface area contributed by atoms with Crippen LogP contribution in [0.5, 0.6) is 11.5 Å². The molecule has 8 nitrogen and oxygen atoms in total. The minimum absolute atomic E-state index is 0.0765. The molecule has 1 aromatic carbocycles. The van der Waals surface area contributed by atoms with Gasteiger partial charge in [0.15, 0.2) is 5.65 Å². The van der Waals surface area contributed by atoms with Gasteiger partial charge in [0.2, 0.25) is 5.91 Å². The zero-order valence-corrected chi connectivity index (χ0v) is 17.0. The number of methoxy groups -OCH3 is 2. The van der Waals surface area contributed by atoms with Gasteiger partial charge in [0.25, 0.3) is 0 Å². The second-order valence-corrected chi connectivity index (χ2v) is 7.27. The highest BCUT2D eigenvalue weighted by Gasteiger charge is 2.29. The third-order valence-corrected chi connectivity index (χ3v) is 5.48. The number of aryl methyl sites for hydroxylation is 1. The minimum atomic E-state index is 0.0765. The van der Waals surface area contributed by atoms with Crippen molar-refractivity contribution in [3.63, 3.8) is 0 Å². The van der Waals surface area contributed by atoms with Gasteiger partial charge in [-0.05, 0) is 31.0 Å². The number of likely N-dealkylation sites (tertiary alicyclic amines) is 1. The van der Waals surface area contributed by atoms with Gasteiger partial charge in [-0.15, -0.1) is 0 Å². The van der Waals surface area contributed by atoms with Gasteiger partial charge in [-0.25, -0.2) is 14.6 Å². The zero-order chi connectivity index (χ0) is 20.4. The van der Waals surface area contributed by atoms with Crippen LogP contribution in [0.25, 0.3) is 11.2 Å². The average Bonchev–Trinajstić information content (AvgIpc) is 3.10. The summed E-state index contributed by atoms with van der Waals surface area (Å²) in [5, 5.41) is 4.66. The van der Waals surface area contributed by atoms with Crippen LogP contribution in [0.4, 0.5) is 0 Å². The van der Waals surface area contributed by atoms with Crippen molar-refractivity contribution in [3.05, 3.63) is 41.9 Å². The highest BCUT2D eigenvalue weighted by atomic mass is 16.5. The molecule has 152 valence electrons. The van der Waals surface area contributed by atoms with Crippen LogP contribution in [0.3, 0.4) is 0 Å². The van der Waals surface area contributed by atoms with Crippen molar-refractivity contribution in [2.24, 2.45) is 7.05 Å². The highest BCUT2D eigenvalue weighted by Crippen LogP contribution is 2.31. The van der Waals surface area contributed by atoms with E-state index >= 15 is 0 Å². The molecule has 1 amide bonds. The summed E-state index contributed by atoms with van der Waals surface area (Å²) in [6, 6.07) is 5.52. The Bertz CT molecular complexity index is 1030. The molecule has 0 aliphatic carbocycles. The van der Waals surface area contributed by atoms with E-state index in [1.165, 1.54) is 0 Å². The normalized spacial score (nSPS) is 16.8. The maximum atomic E-state index is 13.1. The zero-order valence-electron chi connectivity index (χ0n) is 17.0. The minimum Gasteiger partial charge on any atom is -0.497 e. The lowest BCUT2D eigenvalue weighted by Crippen LogP contribution is -2.40. The van der Waals surface area contributed by atoms with Crippen molar-refractivity contribution in [2.45, 2.75) is 25.2 Å². The van der Waals surface area contributed by atoms with E-state index in [1.54, 1.807) is 31.3 Å². The fourth-order valence-electron chi connectivity index (χ4n) is 4.00. The van der Waals surface area contributed by atoms with Gasteiger partial charge in [-0.3, -0.25) is 4.79 Å². The van der Waals surface area contributed by atoms with Crippen LogP contribution in [-0.2, 0) is 18.3 Å². The first kappa shape index (κ1) is 19.2. The fourth-order valence-corrected chi connectivity index (χ4v) is 4.00. The van der Waals surface area contributed by atoms with E-state index in [0.717, 1.165) is 41.8 Å². The summed E-state index contributed by atoms with van der Waals surface area (Å²) in [6.07, 6.45) is 5.55. The van der Waals surface area contributed by atoms with Crippen LogP contribution in [-0.4, -0.2) is 57.9 Å². The lowest BCUT2D eigenvalue weighted by atomic mass is 9.93. The van der Waals surface area contributed by atoms with E-state index in [-0.39, 0.29) is 18.2 Å². The Morgan fingerprint density at radius 3 is 2.83 bits per heavy atom. The Balaban J connectivity index is 1.53. The number of hydrogen-bond acceptors (Lipinski definition) is 6. The number of aromatic nitrogens is 4. The molecule has 1 aliphatic rings. The van der Waals surface area contributed by atoms with Crippen molar-refractivity contribution in [3.8, 4) is 11.5 Å². The topological polar surface area (TPSA) is 82.4 Å². The third kappa shape index (κ3) is 3.74. The summed E-state index contributed by atoms with van der Waals surface area (Å²) in [5.41, 5.74) is 3.34. The predicted molar refractivity (Wildman–Crippen MR) is 108 cm³/mol. The third-order valence-electron chi connectivity index (χ3n) is 5.48. The molecule has 4 rings (SSSR count). The molecular formula is C21H25N5O3. The van der Waals surface area contributed by atoms with Crippen LogP contribution >= 0.6 is 0 Å². The number of fused-ring (bicyclic) bond motifs is 1. The SMILES string of the molecule is COc1ccc(OC)c(CC(=O)N2CCCC(c3nn(C)c4nccnc34)C2)c1. The summed E-state index contributed by atoms with van der Waals surface area (Å²) in [5.74, 6) is 1.63. The fraction of sp³-hybridized carbons (Fsp3) is 0.429. The van der Waals surface area contributed by atoms with Gasteiger partial charge >= 0.3 is 0 Å². The van der Waals surface area contributed by atoms with Crippen molar-refractivity contribution < 1.29 is 14.3 Å². The lowest BCUT2D eigenvalue weighted by molar-refractivity contribution is -0.131. The number of amides is 1. The molecule has 1 unspecified atom stereocenters. The van der Waals surface area contributed by atoms with Gasteiger partial charge < -0.3 is 14.4 Å². The van der Waals surface area contributed by atoms with E-state index < -0.39 is 0 Å². The Kier molecular flexibility index (Phi) is 5.33. The number of carbonyl (C=O) groups excluding carboxylic acids is 1. The molecule has 2 aromatic heterocycles. The van der Waals surface area contributed by atoms with Gasteiger partial charge in [0, 0.05) is 44.0 Å². The number of nitrogens with zero attached hydrogens (tertiary/aromatic N) is 5. The van der Waals surface area contributed by atoms with Crippen LogP contribution in [0.15, 0.2) is 30.6 Å². The van der Waals surface area contributed by atoms with Crippen LogP contribution in [0, 0.1) is 0 Å². The highest BCUT2D eigenvalue weighted by molar-refractivity contribution is 5.80. The quantitative estimate of drug-likeness (QED) is 0.659. The molecule has 0 spiro atoms. The van der Waals surface area contributed by atoms with Gasteiger partial charge in [0.1, 0.15) is 17.0 Å². The van der Waals surface area contributed by atoms with Crippen LogP contribution < -0.4 is 9.47 Å². The second kappa shape index (κ2) is 8.06. The van der Waals surface area contributed by atoms with Crippen LogP contribution in [0.2, 0.25) is 0 Å². The van der Waals surface area contributed by atoms with Crippen molar-refractivity contribution in [2.75, 3.05) is 27.3 Å². The Hall–Kier alpha value is -3.16. The molecule has 1 atom stereocenters. The van der Waals surface area contributed by atoms with Crippen molar-refractivity contribution in [1.82, 2.24) is 24.6 Å². The number of carbonyl (C=O) groups is 1. The van der Waals surface area contributed by atoms with E-state index in [1.807, 2.05) is 30.1 Å². The molecule has 1 saturated heterocycles. The van der Waals surface area contributed by atoms with Gasteiger partial charge in [-0.1, -0.05) is 0 Å². The number of hydrogen-bond donors (Lipinski definition) is 0. The monoisotopic (exact) mass is 395 g/mol. The molecule has 0 bridgehead atoms. The summed E-state index contributed by atoms with van der Waals surface area (Å²) >= 11 is 0. The standard InChI is InChI=1S/C21H25N5O3/c1-25-21-20(22-8-9-23-21)19(24-25)14-5-4-10-26(13-14)18(27)12-15-11-16(28-2)6-7-17(15)29-3/h6-9,11,14H,4-5,10,12-13H2,1-3H3. The van der Waals surface area contributed by atoms with E-state index in [9.17, 15) is 4.79 Å². The molecule has 8 heteroatoms. The Labute approximate surface area is 169 Å². The van der Waals surface area contributed by atoms with E-state index in [0.29, 0.717) is 18.0 Å². The lowest BCUT2D eigenvalue weighted by Gasteiger charge is -2.32. The second-order valence-electron chi connectivity index (χ2n) is 7.27. The van der Waals surface area contributed by atoms with Crippen LogP contribution in [0.1, 0.15) is 30.0 Å². The molecule has 0 radical (unpaired) electrons. The average molecular weight is 395 g/mol. The number of rotatable bonds is 5. The summed E-state index contributed by atoms with van der Waals surface area (Å²) in [6.45, 7) is 1.38. The van der Waals surface area contributed by atoms with Gasteiger partial charge in [-0.2, -0.15) is 5.10 Å². The number of ether oxygens (including phenoxy) is 2. The number of piperidine rings is 1. The Morgan fingerprint density at radius 2 is 2.03 bits per heavy atom. The largest absolute Gasteiger partial charge is 0.497 e. The molecule has 1 aliphatic heterocycles.